The lowest BCUT2D eigenvalue weighted by Gasteiger charge is -2.33. The van der Waals surface area contributed by atoms with E-state index in [1.807, 2.05) is 13.8 Å². The Bertz CT molecular complexity index is 134. The summed E-state index contributed by atoms with van der Waals surface area (Å²) in [7, 11) is 2.24. The molecule has 0 aromatic rings. The molecule has 0 radical (unpaired) electrons. The van der Waals surface area contributed by atoms with Gasteiger partial charge >= 0.3 is 0 Å². The van der Waals surface area contributed by atoms with Crippen molar-refractivity contribution < 1.29 is 0 Å². The summed E-state index contributed by atoms with van der Waals surface area (Å²) in [4.78, 5) is 2.47. The molecule has 0 aromatic heterocycles. The molecule has 1 spiro atoms. The van der Waals surface area contributed by atoms with Crippen LogP contribution in [-0.2, 0) is 0 Å². The molecule has 2 fully saturated rings. The predicted molar refractivity (Wildman–Crippen MR) is 58.0 cm³/mol. The van der Waals surface area contributed by atoms with Gasteiger partial charge in [0, 0.05) is 13.1 Å². The number of hydrogen-bond acceptors (Lipinski definition) is 2. The lowest BCUT2D eigenvalue weighted by atomic mass is 9.80. The standard InChI is InChI=1S/C9H18N2.C2H6/c1-11-6-4-9(8-11)3-2-5-10-7-9;1-2/h10H,2-8H2,1H3;1-2H3. The number of piperidine rings is 1. The fourth-order valence-electron chi connectivity index (χ4n) is 2.54. The van der Waals surface area contributed by atoms with Crippen LogP contribution in [0.5, 0.6) is 0 Å². The smallest absolute Gasteiger partial charge is 0.00476 e. The van der Waals surface area contributed by atoms with E-state index in [-0.39, 0.29) is 0 Å². The first kappa shape index (κ1) is 11.0. The Kier molecular flexibility index (Phi) is 4.20. The van der Waals surface area contributed by atoms with Gasteiger partial charge in [0.15, 0.2) is 0 Å². The van der Waals surface area contributed by atoms with E-state index < -0.39 is 0 Å². The van der Waals surface area contributed by atoms with Gasteiger partial charge in [-0.05, 0) is 44.8 Å². The SMILES string of the molecule is CC.CN1CCC2(CCCNC2)C1. The molecule has 0 aromatic carbocycles. The Morgan fingerprint density at radius 2 is 2.00 bits per heavy atom. The number of hydrogen-bond donors (Lipinski definition) is 1. The quantitative estimate of drug-likeness (QED) is 0.616. The van der Waals surface area contributed by atoms with Gasteiger partial charge in [-0.1, -0.05) is 13.8 Å². The Labute approximate surface area is 82.7 Å². The Morgan fingerprint density at radius 1 is 1.23 bits per heavy atom. The molecule has 2 aliphatic rings. The first-order chi connectivity index (χ1) is 6.31. The van der Waals surface area contributed by atoms with Crippen molar-refractivity contribution in [2.24, 2.45) is 5.41 Å². The molecule has 13 heavy (non-hydrogen) atoms. The van der Waals surface area contributed by atoms with Crippen molar-refractivity contribution in [1.29, 1.82) is 0 Å². The van der Waals surface area contributed by atoms with Crippen LogP contribution in [0.3, 0.4) is 0 Å². The van der Waals surface area contributed by atoms with E-state index in [4.69, 9.17) is 0 Å². The van der Waals surface area contributed by atoms with Gasteiger partial charge in [-0.3, -0.25) is 0 Å². The average Bonchev–Trinajstić information content (AvgIpc) is 2.52. The molecule has 2 rings (SSSR count). The maximum absolute atomic E-state index is 3.51. The van der Waals surface area contributed by atoms with Crippen LogP contribution in [0.25, 0.3) is 0 Å². The molecule has 2 aliphatic heterocycles. The van der Waals surface area contributed by atoms with Crippen LogP contribution in [-0.4, -0.2) is 38.1 Å². The second kappa shape index (κ2) is 4.97. The molecule has 0 amide bonds. The minimum Gasteiger partial charge on any atom is -0.316 e. The third-order valence-electron chi connectivity index (χ3n) is 3.19. The first-order valence-corrected chi connectivity index (χ1v) is 5.70. The maximum Gasteiger partial charge on any atom is 0.00476 e. The third kappa shape index (κ3) is 2.68. The van der Waals surface area contributed by atoms with Gasteiger partial charge < -0.3 is 10.2 Å². The van der Waals surface area contributed by atoms with E-state index in [9.17, 15) is 0 Å². The highest BCUT2D eigenvalue weighted by Crippen LogP contribution is 2.35. The summed E-state index contributed by atoms with van der Waals surface area (Å²) in [6.45, 7) is 9.13. The average molecular weight is 184 g/mol. The summed E-state index contributed by atoms with van der Waals surface area (Å²) in [5, 5.41) is 3.51. The van der Waals surface area contributed by atoms with Crippen LogP contribution in [0.2, 0.25) is 0 Å². The molecule has 0 aliphatic carbocycles. The fraction of sp³-hybridized carbons (Fsp3) is 1.00. The molecule has 2 nitrogen and oxygen atoms in total. The van der Waals surface area contributed by atoms with Crippen LogP contribution >= 0.6 is 0 Å². The summed E-state index contributed by atoms with van der Waals surface area (Å²) in [6.07, 6.45) is 4.24. The minimum atomic E-state index is 0.660. The van der Waals surface area contributed by atoms with Crippen molar-refractivity contribution in [3.05, 3.63) is 0 Å². The van der Waals surface area contributed by atoms with E-state index in [1.54, 1.807) is 0 Å². The number of likely N-dealkylation sites (tertiary alicyclic amines) is 1. The van der Waals surface area contributed by atoms with E-state index in [0.29, 0.717) is 5.41 Å². The van der Waals surface area contributed by atoms with Crippen LogP contribution in [0.15, 0.2) is 0 Å². The van der Waals surface area contributed by atoms with Gasteiger partial charge in [-0.25, -0.2) is 0 Å². The first-order valence-electron chi connectivity index (χ1n) is 5.70. The largest absolute Gasteiger partial charge is 0.316 e. The predicted octanol–water partition coefficient (Wildman–Crippen LogP) is 1.72. The second-order valence-electron chi connectivity index (χ2n) is 4.27. The topological polar surface area (TPSA) is 15.3 Å². The molecule has 0 saturated carbocycles. The summed E-state index contributed by atoms with van der Waals surface area (Å²) in [5.41, 5.74) is 0.660. The highest BCUT2D eigenvalue weighted by molar-refractivity contribution is 4.92. The number of nitrogens with one attached hydrogen (secondary N) is 1. The molecular formula is C11H24N2. The summed E-state index contributed by atoms with van der Waals surface area (Å²) < 4.78 is 0. The summed E-state index contributed by atoms with van der Waals surface area (Å²) in [6, 6.07) is 0. The van der Waals surface area contributed by atoms with Crippen molar-refractivity contribution in [2.75, 3.05) is 33.2 Å². The molecule has 1 N–H and O–H groups in total. The molecule has 78 valence electrons. The van der Waals surface area contributed by atoms with Crippen LogP contribution < -0.4 is 5.32 Å². The fourth-order valence-corrected chi connectivity index (χ4v) is 2.54. The molecular weight excluding hydrogens is 160 g/mol. The van der Waals surface area contributed by atoms with E-state index in [2.05, 4.69) is 17.3 Å². The zero-order valence-electron chi connectivity index (χ0n) is 9.40. The normalized spacial score (nSPS) is 34.4. The van der Waals surface area contributed by atoms with Crippen molar-refractivity contribution >= 4 is 0 Å². The van der Waals surface area contributed by atoms with Gasteiger partial charge in [0.25, 0.3) is 0 Å². The number of nitrogens with zero attached hydrogens (tertiary/aromatic N) is 1. The monoisotopic (exact) mass is 184 g/mol. The minimum absolute atomic E-state index is 0.660. The Hall–Kier alpha value is -0.0800. The summed E-state index contributed by atoms with van der Waals surface area (Å²) >= 11 is 0. The summed E-state index contributed by atoms with van der Waals surface area (Å²) in [5.74, 6) is 0. The van der Waals surface area contributed by atoms with Gasteiger partial charge in [-0.2, -0.15) is 0 Å². The van der Waals surface area contributed by atoms with Gasteiger partial charge in [0.2, 0.25) is 0 Å². The Morgan fingerprint density at radius 3 is 2.46 bits per heavy atom. The van der Waals surface area contributed by atoms with Crippen LogP contribution in [0, 0.1) is 5.41 Å². The highest BCUT2D eigenvalue weighted by atomic mass is 15.1. The number of rotatable bonds is 0. The molecule has 2 heteroatoms. The van der Waals surface area contributed by atoms with Crippen LogP contribution in [0.4, 0.5) is 0 Å². The van der Waals surface area contributed by atoms with Crippen molar-refractivity contribution in [3.63, 3.8) is 0 Å². The van der Waals surface area contributed by atoms with Gasteiger partial charge in [-0.15, -0.1) is 0 Å². The van der Waals surface area contributed by atoms with Crippen molar-refractivity contribution in [3.8, 4) is 0 Å². The van der Waals surface area contributed by atoms with Crippen LogP contribution in [0.1, 0.15) is 33.1 Å². The van der Waals surface area contributed by atoms with E-state index in [0.717, 1.165) is 0 Å². The molecule has 1 atom stereocenters. The lowest BCUT2D eigenvalue weighted by molar-refractivity contribution is 0.213. The van der Waals surface area contributed by atoms with E-state index in [1.165, 1.54) is 45.4 Å². The Balaban J connectivity index is 0.000000396. The second-order valence-corrected chi connectivity index (χ2v) is 4.27. The lowest BCUT2D eigenvalue weighted by Crippen LogP contribution is -2.41. The molecule has 1 unspecified atom stereocenters. The molecule has 0 bridgehead atoms. The van der Waals surface area contributed by atoms with Gasteiger partial charge in [0.05, 0.1) is 0 Å². The maximum atomic E-state index is 3.51. The van der Waals surface area contributed by atoms with Gasteiger partial charge in [0.1, 0.15) is 0 Å². The molecule has 2 heterocycles. The van der Waals surface area contributed by atoms with E-state index >= 15 is 0 Å². The van der Waals surface area contributed by atoms with Crippen molar-refractivity contribution in [1.82, 2.24) is 10.2 Å². The zero-order chi connectivity index (χ0) is 9.73. The third-order valence-corrected chi connectivity index (χ3v) is 3.19. The zero-order valence-corrected chi connectivity index (χ0v) is 9.40. The highest BCUT2D eigenvalue weighted by Gasteiger charge is 2.37. The van der Waals surface area contributed by atoms with Crippen molar-refractivity contribution in [2.45, 2.75) is 33.1 Å². The molecule has 2 saturated heterocycles.